The molecular weight excluding hydrogens is 320 g/mol. The monoisotopic (exact) mass is 348 g/mol. The zero-order chi connectivity index (χ0) is 18.2. The van der Waals surface area contributed by atoms with Crippen molar-refractivity contribution in [3.05, 3.63) is 23.7 Å². The minimum Gasteiger partial charge on any atom is -0.464 e. The summed E-state index contributed by atoms with van der Waals surface area (Å²) >= 11 is 0. The van der Waals surface area contributed by atoms with Gasteiger partial charge in [0, 0.05) is 19.6 Å². The fraction of sp³-hybridized carbons (Fsp3) is 0.684. The van der Waals surface area contributed by atoms with E-state index in [1.807, 2.05) is 44.7 Å². The molecule has 0 unspecified atom stereocenters. The van der Waals surface area contributed by atoms with Gasteiger partial charge in [0.05, 0.1) is 12.0 Å². The van der Waals surface area contributed by atoms with Crippen LogP contribution >= 0.6 is 0 Å². The topological polar surface area (TPSA) is 63.0 Å². The fourth-order valence-corrected chi connectivity index (χ4v) is 3.65. The molecule has 2 amide bonds. The van der Waals surface area contributed by atoms with Crippen LogP contribution in [0.3, 0.4) is 0 Å². The zero-order valence-corrected chi connectivity index (χ0v) is 15.6. The molecule has 0 spiro atoms. The lowest BCUT2D eigenvalue weighted by Gasteiger charge is -2.27. The van der Waals surface area contributed by atoms with E-state index >= 15 is 0 Å². The molecule has 0 radical (unpaired) electrons. The average Bonchev–Trinajstić information content (AvgIpc) is 3.24. The maximum Gasteiger partial charge on any atom is 0.410 e. The predicted octanol–water partition coefficient (Wildman–Crippen LogP) is 3.51. The van der Waals surface area contributed by atoms with E-state index in [0.29, 0.717) is 19.5 Å². The van der Waals surface area contributed by atoms with E-state index in [1.165, 1.54) is 0 Å². The van der Waals surface area contributed by atoms with Gasteiger partial charge in [-0.15, -0.1) is 0 Å². The number of ether oxygens (including phenoxy) is 1. The molecule has 2 saturated heterocycles. The Bertz CT molecular complexity index is 646. The molecule has 2 aliphatic rings. The number of carbonyl (C=O) groups is 2. The molecule has 2 aliphatic heterocycles. The molecule has 2 fully saturated rings. The Balaban J connectivity index is 1.62. The lowest BCUT2D eigenvalue weighted by atomic mass is 10.1. The molecule has 6 nitrogen and oxygen atoms in total. The van der Waals surface area contributed by atoms with Crippen molar-refractivity contribution in [2.24, 2.45) is 5.92 Å². The van der Waals surface area contributed by atoms with E-state index in [1.54, 1.807) is 4.90 Å². The van der Waals surface area contributed by atoms with Gasteiger partial charge in [-0.2, -0.15) is 0 Å². The van der Waals surface area contributed by atoms with Gasteiger partial charge >= 0.3 is 6.09 Å². The number of furan rings is 1. The average molecular weight is 348 g/mol. The normalized spacial score (nSPS) is 24.0. The first kappa shape index (κ1) is 17.8. The van der Waals surface area contributed by atoms with E-state index in [9.17, 15) is 9.59 Å². The zero-order valence-electron chi connectivity index (χ0n) is 15.6. The van der Waals surface area contributed by atoms with Crippen molar-refractivity contribution in [1.29, 1.82) is 0 Å². The Morgan fingerprint density at radius 2 is 1.96 bits per heavy atom. The molecule has 0 aliphatic carbocycles. The maximum absolute atomic E-state index is 13.0. The Morgan fingerprint density at radius 1 is 1.20 bits per heavy atom. The van der Waals surface area contributed by atoms with Gasteiger partial charge in [0.15, 0.2) is 0 Å². The molecule has 0 N–H and O–H groups in total. The number of amides is 2. The van der Waals surface area contributed by atoms with Crippen LogP contribution in [0.5, 0.6) is 0 Å². The molecule has 1 aromatic rings. The number of likely N-dealkylation sites (tertiary alicyclic amines) is 2. The largest absolute Gasteiger partial charge is 0.464 e. The summed E-state index contributed by atoms with van der Waals surface area (Å²) in [4.78, 5) is 28.8. The molecule has 3 heterocycles. The van der Waals surface area contributed by atoms with Crippen LogP contribution in [0.1, 0.15) is 57.6 Å². The molecule has 0 aromatic carbocycles. The van der Waals surface area contributed by atoms with Crippen molar-refractivity contribution in [3.63, 3.8) is 0 Å². The van der Waals surface area contributed by atoms with Crippen LogP contribution in [0.4, 0.5) is 4.79 Å². The molecule has 6 heteroatoms. The highest BCUT2D eigenvalue weighted by molar-refractivity contribution is 5.81. The lowest BCUT2D eigenvalue weighted by Crippen LogP contribution is -2.39. The molecule has 138 valence electrons. The van der Waals surface area contributed by atoms with Gasteiger partial charge in [0.25, 0.3) is 0 Å². The third-order valence-corrected chi connectivity index (χ3v) is 4.81. The Hall–Kier alpha value is -1.98. The first-order valence-corrected chi connectivity index (χ1v) is 9.09. The van der Waals surface area contributed by atoms with Crippen LogP contribution < -0.4 is 0 Å². The van der Waals surface area contributed by atoms with Gasteiger partial charge in [-0.25, -0.2) is 4.79 Å². The van der Waals surface area contributed by atoms with Gasteiger partial charge < -0.3 is 19.0 Å². The fourth-order valence-electron chi connectivity index (χ4n) is 3.65. The summed E-state index contributed by atoms with van der Waals surface area (Å²) in [6.45, 7) is 9.24. The van der Waals surface area contributed by atoms with Crippen LogP contribution in [0.25, 0.3) is 0 Å². The first-order valence-electron chi connectivity index (χ1n) is 9.09. The highest BCUT2D eigenvalue weighted by Crippen LogP contribution is 2.35. The summed E-state index contributed by atoms with van der Waals surface area (Å²) in [6, 6.07) is 3.93. The molecular formula is C19H28N2O4. The lowest BCUT2D eigenvalue weighted by molar-refractivity contribution is -0.136. The van der Waals surface area contributed by atoms with Crippen LogP contribution in [0.15, 0.2) is 16.5 Å². The van der Waals surface area contributed by atoms with Crippen molar-refractivity contribution in [2.75, 3.05) is 19.6 Å². The third-order valence-electron chi connectivity index (χ3n) is 4.81. The molecule has 25 heavy (non-hydrogen) atoms. The minimum atomic E-state index is -0.517. The summed E-state index contributed by atoms with van der Waals surface area (Å²) in [6.07, 6.45) is 2.28. The minimum absolute atomic E-state index is 0.0248. The second-order valence-electron chi connectivity index (χ2n) is 8.05. The number of hydrogen-bond acceptors (Lipinski definition) is 4. The highest BCUT2D eigenvalue weighted by Gasteiger charge is 2.39. The van der Waals surface area contributed by atoms with Gasteiger partial charge in [0.2, 0.25) is 5.91 Å². The number of rotatable bonds is 2. The quantitative estimate of drug-likeness (QED) is 0.820. The van der Waals surface area contributed by atoms with Crippen molar-refractivity contribution in [1.82, 2.24) is 9.80 Å². The van der Waals surface area contributed by atoms with Crippen LogP contribution in [-0.4, -0.2) is 47.0 Å². The predicted molar refractivity (Wildman–Crippen MR) is 93.0 cm³/mol. The summed E-state index contributed by atoms with van der Waals surface area (Å²) in [7, 11) is 0. The Kier molecular flexibility index (Phi) is 4.80. The number of aryl methyl sites for hydroxylation is 1. The smallest absolute Gasteiger partial charge is 0.410 e. The number of hydrogen-bond donors (Lipinski definition) is 0. The van der Waals surface area contributed by atoms with Crippen molar-refractivity contribution >= 4 is 12.0 Å². The Morgan fingerprint density at radius 3 is 2.60 bits per heavy atom. The van der Waals surface area contributed by atoms with Gasteiger partial charge in [-0.1, -0.05) is 0 Å². The summed E-state index contributed by atoms with van der Waals surface area (Å²) in [5.74, 6) is 1.71. The SMILES string of the molecule is Cc1ccc([C@@H]2CCCN2C(=O)[C@@H]2CCN(C(=O)OC(C)(C)C)C2)o1. The van der Waals surface area contributed by atoms with E-state index in [0.717, 1.165) is 30.9 Å². The van der Waals surface area contributed by atoms with E-state index in [-0.39, 0.29) is 24.0 Å². The third kappa shape index (κ3) is 3.99. The highest BCUT2D eigenvalue weighted by atomic mass is 16.6. The molecule has 0 bridgehead atoms. The molecule has 1 aromatic heterocycles. The number of nitrogens with zero attached hydrogens (tertiary/aromatic N) is 2. The van der Waals surface area contributed by atoms with Crippen molar-refractivity contribution in [2.45, 2.75) is 58.6 Å². The van der Waals surface area contributed by atoms with Gasteiger partial charge in [-0.3, -0.25) is 4.79 Å². The standard InChI is InChI=1S/C19H28N2O4/c1-13-7-8-16(24-13)15-6-5-10-21(15)17(22)14-9-11-20(12-14)18(23)25-19(2,3)4/h7-8,14-15H,5-6,9-12H2,1-4H3/t14-,15+/m1/s1. The molecule has 2 atom stereocenters. The second-order valence-corrected chi connectivity index (χ2v) is 8.05. The summed E-state index contributed by atoms with van der Waals surface area (Å²) in [5, 5.41) is 0. The van der Waals surface area contributed by atoms with E-state index in [2.05, 4.69) is 0 Å². The molecule has 3 rings (SSSR count). The van der Waals surface area contributed by atoms with Gasteiger partial charge in [-0.05, 0) is 59.1 Å². The van der Waals surface area contributed by atoms with Crippen molar-refractivity contribution < 1.29 is 18.7 Å². The van der Waals surface area contributed by atoms with E-state index < -0.39 is 5.60 Å². The van der Waals surface area contributed by atoms with Gasteiger partial charge in [0.1, 0.15) is 17.1 Å². The number of carbonyl (C=O) groups excluding carboxylic acids is 2. The van der Waals surface area contributed by atoms with Crippen LogP contribution in [0.2, 0.25) is 0 Å². The summed E-state index contributed by atoms with van der Waals surface area (Å²) < 4.78 is 11.2. The van der Waals surface area contributed by atoms with Crippen LogP contribution in [-0.2, 0) is 9.53 Å². The first-order chi connectivity index (χ1) is 11.7. The maximum atomic E-state index is 13.0. The second kappa shape index (κ2) is 6.73. The Labute approximate surface area is 149 Å². The molecule has 0 saturated carbocycles. The summed E-state index contributed by atoms with van der Waals surface area (Å²) in [5.41, 5.74) is -0.517. The van der Waals surface area contributed by atoms with E-state index in [4.69, 9.17) is 9.15 Å². The van der Waals surface area contributed by atoms with Crippen molar-refractivity contribution in [3.8, 4) is 0 Å². The van der Waals surface area contributed by atoms with Crippen LogP contribution in [0, 0.1) is 12.8 Å².